The van der Waals surface area contributed by atoms with Crippen molar-refractivity contribution < 1.29 is 47.8 Å². The van der Waals surface area contributed by atoms with Crippen LogP contribution >= 0.6 is 7.82 Å². The molecule has 0 bridgehead atoms. The molecule has 3 N–H and O–H groups in total. The molecule has 336 valence electrons. The van der Waals surface area contributed by atoms with Gasteiger partial charge < -0.3 is 24.6 Å². The second kappa shape index (κ2) is 42.8. The van der Waals surface area contributed by atoms with Gasteiger partial charge in [-0.3, -0.25) is 18.6 Å². The normalized spacial score (nSPS) is 14.4. The van der Waals surface area contributed by atoms with Crippen molar-refractivity contribution in [1.29, 1.82) is 0 Å². The molecule has 0 aromatic rings. The monoisotopic (exact) mass is 839 g/mol. The highest BCUT2D eigenvalue weighted by Gasteiger charge is 2.27. The van der Waals surface area contributed by atoms with Crippen molar-refractivity contribution in [3.63, 3.8) is 0 Å². The Labute approximate surface area is 353 Å². The quantitative estimate of drug-likeness (QED) is 0.0235. The fourth-order valence-corrected chi connectivity index (χ4v) is 6.75. The van der Waals surface area contributed by atoms with Crippen LogP contribution in [0.5, 0.6) is 0 Å². The predicted molar refractivity (Wildman–Crippen MR) is 237 cm³/mol. The molecule has 0 saturated heterocycles. The SMILES string of the molecule is CC/C=C\C/C=C\C/C=C\C/C=C\C/C=C\CCCCCC(=O)OC(COC(=O)CCCCCCCCCCCCCCCCCC)COP(=O)(O)OCC(O)CO. The number of hydrogen-bond acceptors (Lipinski definition) is 9. The number of esters is 2. The van der Waals surface area contributed by atoms with Crippen molar-refractivity contribution in [3.05, 3.63) is 60.8 Å². The maximum Gasteiger partial charge on any atom is 0.472 e. The Hall–Kier alpha value is -2.33. The van der Waals surface area contributed by atoms with Crippen molar-refractivity contribution >= 4 is 19.8 Å². The molecule has 0 spiro atoms. The molecular formula is C47H83O10P. The Morgan fingerprint density at radius 3 is 1.43 bits per heavy atom. The van der Waals surface area contributed by atoms with E-state index >= 15 is 0 Å². The van der Waals surface area contributed by atoms with E-state index in [1.165, 1.54) is 77.0 Å². The molecule has 0 aliphatic carbocycles. The van der Waals surface area contributed by atoms with Crippen LogP contribution in [-0.4, -0.2) is 65.7 Å². The molecule has 0 aliphatic heterocycles. The molecule has 3 unspecified atom stereocenters. The third-order valence-corrected chi connectivity index (χ3v) is 10.4. The van der Waals surface area contributed by atoms with E-state index in [0.717, 1.165) is 70.6 Å². The van der Waals surface area contributed by atoms with Crippen LogP contribution < -0.4 is 0 Å². The van der Waals surface area contributed by atoms with Gasteiger partial charge in [0.2, 0.25) is 0 Å². The number of rotatable bonds is 42. The van der Waals surface area contributed by atoms with E-state index in [0.29, 0.717) is 12.8 Å². The maximum absolute atomic E-state index is 12.6. The van der Waals surface area contributed by atoms with Gasteiger partial charge in [0.05, 0.1) is 19.8 Å². The van der Waals surface area contributed by atoms with Crippen LogP contribution in [0.2, 0.25) is 0 Å². The van der Waals surface area contributed by atoms with Crippen LogP contribution in [0.4, 0.5) is 0 Å². The molecular weight excluding hydrogens is 755 g/mol. The van der Waals surface area contributed by atoms with Crippen LogP contribution in [0.15, 0.2) is 60.8 Å². The Morgan fingerprint density at radius 2 is 0.948 bits per heavy atom. The molecule has 0 aliphatic rings. The Balaban J connectivity index is 4.33. The summed E-state index contributed by atoms with van der Waals surface area (Å²) < 4.78 is 32.7. The minimum absolute atomic E-state index is 0.144. The first kappa shape index (κ1) is 55.7. The van der Waals surface area contributed by atoms with Gasteiger partial charge >= 0.3 is 19.8 Å². The van der Waals surface area contributed by atoms with Crippen molar-refractivity contribution in [2.75, 3.05) is 26.4 Å². The summed E-state index contributed by atoms with van der Waals surface area (Å²) in [6.07, 6.45) is 47.5. The highest BCUT2D eigenvalue weighted by Crippen LogP contribution is 2.43. The predicted octanol–water partition coefficient (Wildman–Crippen LogP) is 12.3. The van der Waals surface area contributed by atoms with Crippen LogP contribution in [0.3, 0.4) is 0 Å². The van der Waals surface area contributed by atoms with Crippen molar-refractivity contribution in [2.24, 2.45) is 0 Å². The van der Waals surface area contributed by atoms with Gasteiger partial charge in [0.25, 0.3) is 0 Å². The van der Waals surface area contributed by atoms with Gasteiger partial charge in [0.15, 0.2) is 6.10 Å². The lowest BCUT2D eigenvalue weighted by molar-refractivity contribution is -0.161. The third-order valence-electron chi connectivity index (χ3n) is 9.44. The standard InChI is InChI=1S/C47H83O10P/c1-3-5-7-9-11-13-15-17-19-21-22-23-25-27-29-31-33-35-37-39-47(51)57-45(43-56-58(52,53)55-41-44(49)40-48)42-54-46(50)38-36-34-32-30-28-26-24-20-18-16-14-12-10-8-6-4-2/h5,7,11,13,17,19,22-23,27,29,44-45,48-49H,3-4,6,8-10,12,14-16,18,20-21,24-26,28,30-43H2,1-2H3,(H,52,53)/b7-5-,13-11-,19-17-,23-22-,29-27-. The number of phosphoric ester groups is 1. The summed E-state index contributed by atoms with van der Waals surface area (Å²) in [5.41, 5.74) is 0. The molecule has 0 aromatic heterocycles. The van der Waals surface area contributed by atoms with Gasteiger partial charge in [-0.15, -0.1) is 0 Å². The molecule has 10 nitrogen and oxygen atoms in total. The third kappa shape index (κ3) is 41.8. The number of unbranched alkanes of at least 4 members (excludes halogenated alkanes) is 18. The maximum atomic E-state index is 12.6. The lowest BCUT2D eigenvalue weighted by Gasteiger charge is -2.20. The number of carbonyl (C=O) groups is 2. The number of allylic oxidation sites excluding steroid dienone is 10. The lowest BCUT2D eigenvalue weighted by atomic mass is 10.0. The van der Waals surface area contributed by atoms with Gasteiger partial charge in [-0.05, 0) is 57.8 Å². The Bertz CT molecular complexity index is 1150. The number of phosphoric acid groups is 1. The van der Waals surface area contributed by atoms with E-state index in [1.807, 2.05) is 0 Å². The van der Waals surface area contributed by atoms with Gasteiger partial charge in [-0.1, -0.05) is 177 Å². The van der Waals surface area contributed by atoms with Gasteiger partial charge in [0, 0.05) is 12.8 Å². The summed E-state index contributed by atoms with van der Waals surface area (Å²) in [6, 6.07) is 0. The number of hydrogen-bond donors (Lipinski definition) is 3. The van der Waals surface area contributed by atoms with E-state index in [9.17, 15) is 24.2 Å². The Kier molecular flexibility index (Phi) is 41.1. The first-order valence-electron chi connectivity index (χ1n) is 22.7. The summed E-state index contributed by atoms with van der Waals surface area (Å²) in [5.74, 6) is -0.960. The zero-order valence-corrected chi connectivity index (χ0v) is 37.4. The lowest BCUT2D eigenvalue weighted by Crippen LogP contribution is -2.29. The van der Waals surface area contributed by atoms with Gasteiger partial charge in [-0.2, -0.15) is 0 Å². The van der Waals surface area contributed by atoms with Gasteiger partial charge in [0.1, 0.15) is 12.7 Å². The Morgan fingerprint density at radius 1 is 0.534 bits per heavy atom. The van der Waals surface area contributed by atoms with Crippen LogP contribution in [0, 0.1) is 0 Å². The second-order valence-corrected chi connectivity index (χ2v) is 16.5. The summed E-state index contributed by atoms with van der Waals surface area (Å²) in [6.45, 7) is 2.24. The molecule has 0 fully saturated rings. The molecule has 0 radical (unpaired) electrons. The summed E-state index contributed by atoms with van der Waals surface area (Å²) in [7, 11) is -4.63. The van der Waals surface area contributed by atoms with Crippen molar-refractivity contribution in [2.45, 2.75) is 199 Å². The minimum Gasteiger partial charge on any atom is -0.462 e. The van der Waals surface area contributed by atoms with E-state index in [4.69, 9.17) is 23.6 Å². The minimum atomic E-state index is -4.63. The van der Waals surface area contributed by atoms with E-state index in [2.05, 4.69) is 74.6 Å². The van der Waals surface area contributed by atoms with Crippen molar-refractivity contribution in [1.82, 2.24) is 0 Å². The zero-order chi connectivity index (χ0) is 42.6. The highest BCUT2D eigenvalue weighted by atomic mass is 31.2. The molecule has 0 aromatic carbocycles. The summed E-state index contributed by atoms with van der Waals surface area (Å²) in [5, 5.41) is 18.3. The van der Waals surface area contributed by atoms with E-state index < -0.39 is 51.8 Å². The zero-order valence-electron chi connectivity index (χ0n) is 36.5. The van der Waals surface area contributed by atoms with E-state index in [-0.39, 0.29) is 19.4 Å². The fourth-order valence-electron chi connectivity index (χ4n) is 5.96. The average Bonchev–Trinajstić information content (AvgIpc) is 3.21. The first-order valence-corrected chi connectivity index (χ1v) is 24.2. The first-order chi connectivity index (χ1) is 28.2. The van der Waals surface area contributed by atoms with Crippen molar-refractivity contribution in [3.8, 4) is 0 Å². The number of aliphatic hydroxyl groups is 2. The molecule has 0 amide bonds. The molecule has 58 heavy (non-hydrogen) atoms. The van der Waals surface area contributed by atoms with Gasteiger partial charge in [-0.25, -0.2) is 4.57 Å². The summed E-state index contributed by atoms with van der Waals surface area (Å²) >= 11 is 0. The molecule has 0 rings (SSSR count). The average molecular weight is 839 g/mol. The number of carbonyl (C=O) groups excluding carboxylic acids is 2. The molecule has 0 heterocycles. The smallest absolute Gasteiger partial charge is 0.462 e. The van der Waals surface area contributed by atoms with Crippen LogP contribution in [0.1, 0.15) is 187 Å². The topological polar surface area (TPSA) is 149 Å². The highest BCUT2D eigenvalue weighted by molar-refractivity contribution is 7.47. The molecule has 3 atom stereocenters. The molecule has 11 heteroatoms. The fraction of sp³-hybridized carbons (Fsp3) is 0.745. The second-order valence-electron chi connectivity index (χ2n) is 15.1. The largest absolute Gasteiger partial charge is 0.472 e. The summed E-state index contributed by atoms with van der Waals surface area (Å²) in [4.78, 5) is 35.0. The molecule has 0 saturated carbocycles. The number of aliphatic hydroxyl groups excluding tert-OH is 2. The van der Waals surface area contributed by atoms with Crippen LogP contribution in [-0.2, 0) is 32.7 Å². The van der Waals surface area contributed by atoms with Crippen LogP contribution in [0.25, 0.3) is 0 Å². The van der Waals surface area contributed by atoms with E-state index in [1.54, 1.807) is 0 Å². The number of ether oxygens (including phenoxy) is 2.